The third kappa shape index (κ3) is 36.1. The number of ether oxygens (including phenoxy) is 10. The van der Waals surface area contributed by atoms with Crippen molar-refractivity contribution in [2.24, 2.45) is 0 Å². The van der Waals surface area contributed by atoms with Gasteiger partial charge in [0.1, 0.15) is 104 Å². The van der Waals surface area contributed by atoms with E-state index in [1.807, 2.05) is 0 Å². The number of nitrogens with one attached hydrogen (secondary N) is 4. The van der Waals surface area contributed by atoms with E-state index in [-0.39, 0.29) is 18.7 Å². The van der Waals surface area contributed by atoms with Crippen molar-refractivity contribution < 1.29 is 183 Å². The third-order valence-electron chi connectivity index (χ3n) is 25.0. The average molecular weight is 1880 g/mol. The van der Waals surface area contributed by atoms with Crippen molar-refractivity contribution >= 4 is 41.5 Å². The Hall–Kier alpha value is -5.05. The van der Waals surface area contributed by atoms with Crippen LogP contribution in [0.2, 0.25) is 0 Å². The van der Waals surface area contributed by atoms with Gasteiger partial charge in [-0.1, -0.05) is 212 Å². The Morgan fingerprint density at radius 1 is 0.408 bits per heavy atom. The average Bonchev–Trinajstić information content (AvgIpc) is 0.748. The summed E-state index contributed by atoms with van der Waals surface area (Å²) in [7, 11) is 0. The second kappa shape index (κ2) is 60.5. The molecule has 0 aromatic heterocycles. The molecule has 41 nitrogen and oxygen atoms in total. The van der Waals surface area contributed by atoms with Crippen LogP contribution in [0.3, 0.4) is 0 Å². The van der Waals surface area contributed by atoms with Gasteiger partial charge >= 0.3 is 17.9 Å². The quantitative estimate of drug-likeness (QED) is 0.0293. The SMILES string of the molecule is CCCCCCCC/C=C\CCCCCCCCCCCCCCCC(=O)N[C@@H](CO[C@@H]1O[C@H](CO)[C@@H](O[C@@H]2O[C@H](CO)[C@H](O)[C@H](O[C@]3(C(=O)O)C[C@H](O)[C@@H](NC(C)=O)C([C@H](O)[C@@H](CO)O[C@]4(C(=O)O)C[C@H](O)[C@@H](NC(C)=O)C([C@H](O)[C@@H](CO)O[C@]5(C(=O)O)C[C@H](O)[C@@H](NC(C)=O)C([C@H](O)[C@H](O)CO)O5)O4)O3)[C@H]2O)[C@H](O)[C@H]1O)[C@H](O)CCCCCCCCCCCCCCC. The molecule has 130 heavy (non-hydrogen) atoms. The molecule has 5 fully saturated rings. The van der Waals surface area contributed by atoms with Gasteiger partial charge in [0.15, 0.2) is 12.6 Å². The van der Waals surface area contributed by atoms with Crippen LogP contribution < -0.4 is 21.3 Å². The van der Waals surface area contributed by atoms with E-state index in [9.17, 15) is 136 Å². The number of aliphatic hydroxyl groups excluding tert-OH is 17. The summed E-state index contributed by atoms with van der Waals surface area (Å²) in [5, 5.41) is 236. The van der Waals surface area contributed by atoms with E-state index in [0.717, 1.165) is 91.4 Å². The van der Waals surface area contributed by atoms with E-state index >= 15 is 0 Å². The van der Waals surface area contributed by atoms with Crippen LogP contribution in [-0.4, -0.2) is 366 Å². The fourth-order valence-corrected chi connectivity index (χ4v) is 17.5. The van der Waals surface area contributed by atoms with Crippen LogP contribution in [0.15, 0.2) is 12.2 Å². The standard InChI is InChI=1S/C89H158N4O37/c1-6-8-10-12-14-16-18-20-21-22-23-24-25-26-27-28-29-31-33-35-37-39-41-43-66(107)93-56(57(102)42-40-38-36-34-32-30-19-17-15-13-11-9-7-2)52-121-82-75(113)74(112)77(65(51-98)123-82)124-83-76(114)81(71(109)62(48-95)122-83)130-89(86(119)120)46-60(105)69(92-55(5)101)80(129-89)73(111)64(50-97)126-88(85(117)118)45-59(104)68(91-54(4)100)79(128-88)72(110)63(49-96)125-87(84(115)116)44-58(103)67(90-53(3)99)78(127-87)70(108)61(106)47-94/h20-21,56-65,67-83,94-98,102-106,108-114H,6-19,22-52H2,1-5H3,(H,90,99)(H,91,100)(H,92,101)(H,93,107)(H,115,116)(H,117,118)(H,119,120)/b21-20-/t56-,57+,58-,59-,60-,61+,62+,63+,64+,65+,67+,68+,69+,70+,71-,72+,73+,74+,75+,76+,77+,78?,79?,80?,81-,82+,83-,87+,88+,89-/m0/s1. The fourth-order valence-electron chi connectivity index (χ4n) is 17.5. The summed E-state index contributed by atoms with van der Waals surface area (Å²) in [5.74, 6) is -20.5. The van der Waals surface area contributed by atoms with Gasteiger partial charge in [-0.2, -0.15) is 0 Å². The Labute approximate surface area is 761 Å². The topological polar surface area (TPSA) is 665 Å². The third-order valence-corrected chi connectivity index (χ3v) is 25.0. The number of hydrogen-bond acceptors (Lipinski definition) is 34. The van der Waals surface area contributed by atoms with E-state index in [4.69, 9.17) is 47.4 Å². The van der Waals surface area contributed by atoms with Gasteiger partial charge in [0.05, 0.1) is 88.2 Å². The molecule has 30 atom stereocenters. The van der Waals surface area contributed by atoms with Gasteiger partial charge in [-0.05, 0) is 38.5 Å². The molecule has 0 saturated carbocycles. The molecule has 3 unspecified atom stereocenters. The number of aliphatic carboxylic acids is 3. The molecule has 0 aliphatic carbocycles. The lowest BCUT2D eigenvalue weighted by Gasteiger charge is -2.51. The maximum absolute atomic E-state index is 13.9. The van der Waals surface area contributed by atoms with Crippen LogP contribution >= 0.6 is 0 Å². The summed E-state index contributed by atoms with van der Waals surface area (Å²) < 4.78 is 58.4. The highest BCUT2D eigenvalue weighted by Crippen LogP contribution is 2.43. The van der Waals surface area contributed by atoms with Crippen molar-refractivity contribution in [2.45, 2.75) is 467 Å². The van der Waals surface area contributed by atoms with Gasteiger partial charge in [0.2, 0.25) is 23.6 Å². The van der Waals surface area contributed by atoms with Crippen LogP contribution in [0.4, 0.5) is 0 Å². The van der Waals surface area contributed by atoms with Crippen LogP contribution in [0, 0.1) is 0 Å². The van der Waals surface area contributed by atoms with Gasteiger partial charge in [-0.3, -0.25) is 19.2 Å². The minimum absolute atomic E-state index is 0.144. The molecule has 0 spiro atoms. The van der Waals surface area contributed by atoms with Crippen LogP contribution in [0.5, 0.6) is 0 Å². The first-order chi connectivity index (χ1) is 62.0. The molecular weight excluding hydrogens is 1720 g/mol. The van der Waals surface area contributed by atoms with Gasteiger partial charge in [0, 0.05) is 46.5 Å². The van der Waals surface area contributed by atoms with Gasteiger partial charge < -0.3 is 171 Å². The normalized spacial score (nSPS) is 31.5. The Bertz CT molecular complexity index is 3250. The van der Waals surface area contributed by atoms with Crippen molar-refractivity contribution in [2.75, 3.05) is 39.6 Å². The van der Waals surface area contributed by atoms with E-state index in [1.54, 1.807) is 0 Å². The molecule has 0 aromatic carbocycles. The van der Waals surface area contributed by atoms with E-state index in [0.29, 0.717) is 12.8 Å². The number of unbranched alkanes of at least 4 members (excludes halogenated alkanes) is 31. The van der Waals surface area contributed by atoms with E-state index in [2.05, 4.69) is 47.3 Å². The number of carbonyl (C=O) groups excluding carboxylic acids is 4. The van der Waals surface area contributed by atoms with Crippen LogP contribution in [0.25, 0.3) is 0 Å². The first kappa shape index (κ1) is 115. The molecule has 5 heterocycles. The van der Waals surface area contributed by atoms with Crippen molar-refractivity contribution in [3.05, 3.63) is 12.2 Å². The molecule has 756 valence electrons. The summed E-state index contributed by atoms with van der Waals surface area (Å²) in [6.45, 7) is 0.0270. The first-order valence-electron chi connectivity index (χ1n) is 47.3. The van der Waals surface area contributed by atoms with Gasteiger partial charge in [-0.25, -0.2) is 14.4 Å². The lowest BCUT2D eigenvalue weighted by Crippen LogP contribution is -2.72. The summed E-state index contributed by atoms with van der Waals surface area (Å²) in [5.41, 5.74) is 0. The van der Waals surface area contributed by atoms with Crippen LogP contribution in [-0.2, 0) is 80.9 Å². The molecule has 0 aromatic rings. The highest BCUT2D eigenvalue weighted by atomic mass is 16.8. The van der Waals surface area contributed by atoms with E-state index in [1.165, 1.54) is 135 Å². The minimum atomic E-state index is -3.57. The number of aliphatic hydroxyl groups is 17. The molecule has 0 radical (unpaired) electrons. The lowest BCUT2D eigenvalue weighted by atomic mass is 9.86. The Morgan fingerprint density at radius 2 is 0.769 bits per heavy atom. The van der Waals surface area contributed by atoms with Gasteiger partial charge in [-0.15, -0.1) is 0 Å². The number of rotatable bonds is 67. The largest absolute Gasteiger partial charge is 0.477 e. The number of carboxylic acid groups (broad SMARTS) is 3. The number of amides is 4. The Kier molecular flexibility index (Phi) is 53.7. The zero-order valence-corrected chi connectivity index (χ0v) is 76.4. The molecule has 41 heteroatoms. The number of carboxylic acids is 3. The van der Waals surface area contributed by atoms with Crippen molar-refractivity contribution in [3.63, 3.8) is 0 Å². The maximum atomic E-state index is 13.9. The lowest BCUT2D eigenvalue weighted by molar-refractivity contribution is -0.388. The molecule has 4 amide bonds. The highest BCUT2D eigenvalue weighted by molar-refractivity contribution is 5.79. The summed E-state index contributed by atoms with van der Waals surface area (Å²) in [4.78, 5) is 92.4. The summed E-state index contributed by atoms with van der Waals surface area (Å²) in [6.07, 6.45) is -11.9. The number of carbonyl (C=O) groups is 7. The molecular formula is C89H158N4O37. The molecule has 5 rings (SSSR count). The number of hydrogen-bond donors (Lipinski definition) is 24. The van der Waals surface area contributed by atoms with E-state index < -0.39 is 277 Å². The fraction of sp³-hybridized carbons (Fsp3) is 0.899. The van der Waals surface area contributed by atoms with Crippen molar-refractivity contribution in [1.29, 1.82) is 0 Å². The number of allylic oxidation sites excluding steroid dienone is 2. The van der Waals surface area contributed by atoms with Gasteiger partial charge in [0.25, 0.3) is 17.4 Å². The molecule has 24 N–H and O–H groups in total. The predicted molar refractivity (Wildman–Crippen MR) is 461 cm³/mol. The Morgan fingerprint density at radius 3 is 1.15 bits per heavy atom. The van der Waals surface area contributed by atoms with Crippen LogP contribution in [0.1, 0.15) is 285 Å². The first-order valence-corrected chi connectivity index (χ1v) is 47.3. The zero-order valence-electron chi connectivity index (χ0n) is 76.4. The molecule has 5 aliphatic rings. The Balaban J connectivity index is 1.29. The second-order valence-corrected chi connectivity index (χ2v) is 35.7. The summed E-state index contributed by atoms with van der Waals surface area (Å²) >= 11 is 0. The minimum Gasteiger partial charge on any atom is -0.477 e. The summed E-state index contributed by atoms with van der Waals surface area (Å²) in [6, 6.07) is -6.94. The molecule has 5 saturated heterocycles. The highest BCUT2D eigenvalue weighted by Gasteiger charge is 2.64. The second-order valence-electron chi connectivity index (χ2n) is 35.7. The molecule has 5 aliphatic heterocycles. The maximum Gasteiger partial charge on any atom is 0.364 e. The molecule has 0 bridgehead atoms. The van der Waals surface area contributed by atoms with Crippen molar-refractivity contribution in [1.82, 2.24) is 21.3 Å². The predicted octanol–water partition coefficient (Wildman–Crippen LogP) is 0.634. The smallest absolute Gasteiger partial charge is 0.364 e. The zero-order chi connectivity index (χ0) is 96.3. The van der Waals surface area contributed by atoms with Crippen molar-refractivity contribution in [3.8, 4) is 0 Å². The monoisotopic (exact) mass is 1880 g/mol.